The van der Waals surface area contributed by atoms with E-state index < -0.39 is 23.5 Å². The van der Waals surface area contributed by atoms with Crippen molar-refractivity contribution >= 4 is 5.97 Å². The number of rotatable bonds is 3. The first kappa shape index (κ1) is 14.1. The summed E-state index contributed by atoms with van der Waals surface area (Å²) in [4.78, 5) is 11.2. The van der Waals surface area contributed by atoms with Gasteiger partial charge in [0.25, 0.3) is 0 Å². The Morgan fingerprint density at radius 1 is 1.45 bits per heavy atom. The van der Waals surface area contributed by atoms with E-state index in [1.807, 2.05) is 0 Å². The number of carboxylic acid groups (broad SMARTS) is 1. The Morgan fingerprint density at radius 3 is 2.55 bits per heavy atom. The molecule has 1 N–H and O–H groups in total. The number of aryl methyl sites for hydroxylation is 2. The molecule has 20 heavy (non-hydrogen) atoms. The lowest BCUT2D eigenvalue weighted by molar-refractivity contribution is -0.143. The molecule has 0 amide bonds. The molecule has 0 radical (unpaired) electrons. The van der Waals surface area contributed by atoms with Gasteiger partial charge in [-0.2, -0.15) is 13.2 Å². The van der Waals surface area contributed by atoms with E-state index in [2.05, 4.69) is 10.2 Å². The number of carbonyl (C=O) groups is 1. The zero-order valence-corrected chi connectivity index (χ0v) is 10.6. The number of alkyl halides is 3. The molecular weight excluding hydrogens is 277 g/mol. The highest BCUT2D eigenvalue weighted by Crippen LogP contribution is 2.33. The maximum atomic E-state index is 13.0. The normalized spacial score (nSPS) is 11.8. The van der Waals surface area contributed by atoms with Gasteiger partial charge >= 0.3 is 12.1 Å². The van der Waals surface area contributed by atoms with Gasteiger partial charge in [-0.25, -0.2) is 4.79 Å². The van der Waals surface area contributed by atoms with Crippen LogP contribution in [-0.4, -0.2) is 30.4 Å². The minimum absolute atomic E-state index is 0.0481. The topological polar surface area (TPSA) is 72.9 Å². The molecule has 2 heterocycles. The summed E-state index contributed by atoms with van der Waals surface area (Å²) in [6.07, 6.45) is -3.31. The van der Waals surface area contributed by atoms with Gasteiger partial charge in [-0.1, -0.05) is 0 Å². The Labute approximate surface area is 111 Å². The van der Waals surface area contributed by atoms with Gasteiger partial charge in [0.15, 0.2) is 5.82 Å². The molecule has 0 aliphatic heterocycles. The van der Waals surface area contributed by atoms with Gasteiger partial charge in [-0.15, -0.1) is 10.2 Å². The van der Waals surface area contributed by atoms with Gasteiger partial charge in [-0.3, -0.25) is 0 Å². The highest BCUT2D eigenvalue weighted by Gasteiger charge is 2.37. The average molecular weight is 288 g/mol. The van der Waals surface area contributed by atoms with Crippen molar-refractivity contribution in [1.29, 1.82) is 0 Å². The first-order valence-electron chi connectivity index (χ1n) is 5.55. The summed E-state index contributed by atoms with van der Waals surface area (Å²) in [6.45, 7) is 1.01. The van der Waals surface area contributed by atoms with Crippen LogP contribution in [0.4, 0.5) is 13.2 Å². The van der Waals surface area contributed by atoms with Crippen molar-refractivity contribution in [1.82, 2.24) is 19.3 Å². The van der Waals surface area contributed by atoms with E-state index in [1.165, 1.54) is 17.8 Å². The van der Waals surface area contributed by atoms with Crippen LogP contribution in [0.1, 0.15) is 27.6 Å². The van der Waals surface area contributed by atoms with E-state index in [1.54, 1.807) is 7.05 Å². The molecule has 0 spiro atoms. The summed E-state index contributed by atoms with van der Waals surface area (Å²) in [5.74, 6) is -1.19. The van der Waals surface area contributed by atoms with E-state index in [4.69, 9.17) is 5.11 Å². The molecule has 108 valence electrons. The van der Waals surface area contributed by atoms with Crippen molar-refractivity contribution in [3.8, 4) is 0 Å². The molecule has 6 nitrogen and oxygen atoms in total. The molecule has 0 fully saturated rings. The van der Waals surface area contributed by atoms with Gasteiger partial charge in [-0.05, 0) is 18.6 Å². The molecule has 0 aliphatic carbocycles. The molecule has 0 saturated carbocycles. The van der Waals surface area contributed by atoms with E-state index in [0.717, 1.165) is 6.07 Å². The Hall–Kier alpha value is -2.32. The minimum atomic E-state index is -4.64. The van der Waals surface area contributed by atoms with Crippen molar-refractivity contribution in [3.05, 3.63) is 35.2 Å². The zero-order valence-electron chi connectivity index (χ0n) is 10.6. The maximum absolute atomic E-state index is 13.0. The summed E-state index contributed by atoms with van der Waals surface area (Å²) in [6, 6.07) is 0.819. The quantitative estimate of drug-likeness (QED) is 0.932. The lowest BCUT2D eigenvalue weighted by Gasteiger charge is -2.13. The molecule has 0 atom stereocenters. The fourth-order valence-corrected chi connectivity index (χ4v) is 1.96. The second kappa shape index (κ2) is 4.66. The van der Waals surface area contributed by atoms with Gasteiger partial charge in [0.1, 0.15) is 17.7 Å². The third-order valence-electron chi connectivity index (χ3n) is 2.89. The van der Waals surface area contributed by atoms with E-state index in [0.29, 0.717) is 4.57 Å². The number of hydrogen-bond donors (Lipinski definition) is 1. The number of aromatic nitrogens is 4. The molecule has 2 aromatic rings. The van der Waals surface area contributed by atoms with Gasteiger partial charge < -0.3 is 14.2 Å². The van der Waals surface area contributed by atoms with Crippen molar-refractivity contribution in [3.63, 3.8) is 0 Å². The summed E-state index contributed by atoms with van der Waals surface area (Å²) in [7, 11) is 1.57. The van der Waals surface area contributed by atoms with Crippen molar-refractivity contribution in [2.75, 3.05) is 0 Å². The van der Waals surface area contributed by atoms with Gasteiger partial charge in [0.2, 0.25) is 0 Å². The van der Waals surface area contributed by atoms with Crippen LogP contribution in [0.15, 0.2) is 12.4 Å². The molecule has 0 unspecified atom stereocenters. The van der Waals surface area contributed by atoms with Crippen LogP contribution in [0.3, 0.4) is 0 Å². The van der Waals surface area contributed by atoms with Crippen LogP contribution in [0, 0.1) is 6.92 Å². The third kappa shape index (κ3) is 2.38. The predicted molar refractivity (Wildman–Crippen MR) is 61.2 cm³/mol. The molecule has 0 bridgehead atoms. The number of halogens is 3. The van der Waals surface area contributed by atoms with Gasteiger partial charge in [0, 0.05) is 7.05 Å². The standard InChI is InChI=1S/C11H11F3N4O2/c1-6-3-7(11(12,13)14)18(9(6)10(19)20)4-8-16-15-5-17(8)2/h3,5H,4H2,1-2H3,(H,19,20). The fraction of sp³-hybridized carbons (Fsp3) is 0.364. The Bertz CT molecular complexity index is 657. The fourth-order valence-electron chi connectivity index (χ4n) is 1.96. The molecule has 0 aromatic carbocycles. The summed E-state index contributed by atoms with van der Waals surface area (Å²) in [5.41, 5.74) is -1.37. The second-order valence-corrected chi connectivity index (χ2v) is 4.31. The van der Waals surface area contributed by atoms with Crippen molar-refractivity contribution < 1.29 is 23.1 Å². The third-order valence-corrected chi connectivity index (χ3v) is 2.89. The molecule has 2 aromatic heterocycles. The van der Waals surface area contributed by atoms with Crippen molar-refractivity contribution in [2.45, 2.75) is 19.6 Å². The number of carboxylic acids is 1. The first-order valence-corrected chi connectivity index (χ1v) is 5.55. The molecule has 0 saturated heterocycles. The first-order chi connectivity index (χ1) is 9.21. The molecule has 9 heteroatoms. The molecular formula is C11H11F3N4O2. The SMILES string of the molecule is Cc1cc(C(F)(F)F)n(Cc2nncn2C)c1C(=O)O. The number of hydrogen-bond acceptors (Lipinski definition) is 3. The summed E-state index contributed by atoms with van der Waals surface area (Å²) in [5, 5.41) is 16.3. The lowest BCUT2D eigenvalue weighted by atomic mass is 10.2. The van der Waals surface area contributed by atoms with Crippen LogP contribution in [0.25, 0.3) is 0 Å². The zero-order chi connectivity index (χ0) is 15.1. The van der Waals surface area contributed by atoms with E-state index >= 15 is 0 Å². The highest BCUT2D eigenvalue weighted by molar-refractivity contribution is 5.88. The number of aromatic carboxylic acids is 1. The van der Waals surface area contributed by atoms with Crippen LogP contribution < -0.4 is 0 Å². The van der Waals surface area contributed by atoms with Gasteiger partial charge in [0.05, 0.1) is 6.54 Å². The Morgan fingerprint density at radius 2 is 2.10 bits per heavy atom. The van der Waals surface area contributed by atoms with Crippen LogP contribution in [0.2, 0.25) is 0 Å². The number of nitrogens with zero attached hydrogens (tertiary/aromatic N) is 4. The monoisotopic (exact) mass is 288 g/mol. The highest BCUT2D eigenvalue weighted by atomic mass is 19.4. The second-order valence-electron chi connectivity index (χ2n) is 4.31. The van der Waals surface area contributed by atoms with E-state index in [9.17, 15) is 18.0 Å². The maximum Gasteiger partial charge on any atom is 0.431 e. The van der Waals surface area contributed by atoms with Crippen molar-refractivity contribution in [2.24, 2.45) is 7.05 Å². The Balaban J connectivity index is 2.59. The largest absolute Gasteiger partial charge is 0.477 e. The van der Waals surface area contributed by atoms with Crippen LogP contribution >= 0.6 is 0 Å². The molecule has 0 aliphatic rings. The smallest absolute Gasteiger partial charge is 0.431 e. The minimum Gasteiger partial charge on any atom is -0.477 e. The lowest BCUT2D eigenvalue weighted by Crippen LogP contribution is -2.19. The summed E-state index contributed by atoms with van der Waals surface area (Å²) >= 11 is 0. The predicted octanol–water partition coefficient (Wildman–Crippen LogP) is 1.69. The van der Waals surface area contributed by atoms with E-state index in [-0.39, 0.29) is 17.9 Å². The van der Waals surface area contributed by atoms with Crippen LogP contribution in [-0.2, 0) is 19.8 Å². The molecule has 2 rings (SSSR count). The van der Waals surface area contributed by atoms with Crippen LogP contribution in [0.5, 0.6) is 0 Å². The summed E-state index contributed by atoms with van der Waals surface area (Å²) < 4.78 is 41.1. The average Bonchev–Trinajstić information content (AvgIpc) is 2.83. The Kier molecular flexibility index (Phi) is 3.28.